The van der Waals surface area contributed by atoms with E-state index in [1.54, 1.807) is 12.1 Å². The summed E-state index contributed by atoms with van der Waals surface area (Å²) in [4.78, 5) is 11.1. The summed E-state index contributed by atoms with van der Waals surface area (Å²) in [7, 11) is 0. The van der Waals surface area contributed by atoms with Crippen LogP contribution in [-0.4, -0.2) is 5.78 Å². The van der Waals surface area contributed by atoms with Gasteiger partial charge in [0.25, 0.3) is 0 Å². The van der Waals surface area contributed by atoms with Gasteiger partial charge in [-0.1, -0.05) is 41.9 Å². The number of carbonyl (C=O) groups is 1. The lowest BCUT2D eigenvalue weighted by atomic mass is 10.1. The molecule has 0 aliphatic heterocycles. The van der Waals surface area contributed by atoms with Gasteiger partial charge >= 0.3 is 0 Å². The monoisotopic (exact) mass is 166 g/mol. The van der Waals surface area contributed by atoms with E-state index in [0.29, 0.717) is 5.56 Å². The van der Waals surface area contributed by atoms with Crippen LogP contribution in [0.5, 0.6) is 0 Å². The summed E-state index contributed by atoms with van der Waals surface area (Å²) < 4.78 is 0. The van der Waals surface area contributed by atoms with Gasteiger partial charge in [0.15, 0.2) is 5.78 Å². The van der Waals surface area contributed by atoms with Crippen molar-refractivity contribution < 1.29 is 4.79 Å². The maximum Gasteiger partial charge on any atom is 0.186 e. The molecule has 0 N–H and O–H groups in total. The van der Waals surface area contributed by atoms with Crippen molar-refractivity contribution in [1.29, 1.82) is 0 Å². The first kappa shape index (κ1) is 8.02. The van der Waals surface area contributed by atoms with Crippen LogP contribution in [0.3, 0.4) is 0 Å². The Balaban J connectivity index is 2.86. The topological polar surface area (TPSA) is 17.1 Å². The molecule has 1 aromatic rings. The van der Waals surface area contributed by atoms with Gasteiger partial charge < -0.3 is 0 Å². The minimum atomic E-state index is -0.0689. The highest BCUT2D eigenvalue weighted by atomic mass is 35.5. The number of halogens is 1. The number of rotatable bonds is 2. The van der Waals surface area contributed by atoms with E-state index in [1.807, 2.05) is 18.2 Å². The van der Waals surface area contributed by atoms with E-state index < -0.39 is 0 Å². The van der Waals surface area contributed by atoms with Crippen LogP contribution in [-0.2, 0) is 0 Å². The van der Waals surface area contributed by atoms with Crippen molar-refractivity contribution in [1.82, 2.24) is 0 Å². The summed E-state index contributed by atoms with van der Waals surface area (Å²) in [6.07, 6.45) is 1.33. The van der Waals surface area contributed by atoms with Crippen LogP contribution in [0.15, 0.2) is 41.9 Å². The molecule has 0 spiro atoms. The van der Waals surface area contributed by atoms with Crippen molar-refractivity contribution in [2.45, 2.75) is 0 Å². The average molecular weight is 167 g/mol. The molecule has 0 saturated heterocycles. The van der Waals surface area contributed by atoms with Crippen molar-refractivity contribution >= 4 is 17.4 Å². The fourth-order valence-corrected chi connectivity index (χ4v) is 0.870. The minimum absolute atomic E-state index is 0.0689. The zero-order valence-corrected chi connectivity index (χ0v) is 6.58. The average Bonchev–Trinajstić information content (AvgIpc) is 2.07. The molecule has 0 aromatic heterocycles. The summed E-state index contributed by atoms with van der Waals surface area (Å²) in [5, 5.41) is 0. The standard InChI is InChI=1S/C9H7ClO/c10-7-6-9(11)8-4-2-1-3-5-8/h1-7H/b7-6+. The first-order valence-electron chi connectivity index (χ1n) is 3.21. The van der Waals surface area contributed by atoms with Crippen molar-refractivity contribution in [2.75, 3.05) is 0 Å². The molecule has 1 aromatic carbocycles. The van der Waals surface area contributed by atoms with E-state index in [0.717, 1.165) is 0 Å². The molecule has 56 valence electrons. The molecule has 2 heteroatoms. The summed E-state index contributed by atoms with van der Waals surface area (Å²) in [5.41, 5.74) is 1.87. The third kappa shape index (κ3) is 2.20. The van der Waals surface area contributed by atoms with E-state index in [-0.39, 0.29) is 5.78 Å². The van der Waals surface area contributed by atoms with Crippen molar-refractivity contribution in [3.63, 3.8) is 0 Å². The van der Waals surface area contributed by atoms with Gasteiger partial charge in [-0.05, 0) is 6.08 Å². The third-order valence-electron chi connectivity index (χ3n) is 1.27. The number of hydrogen-bond donors (Lipinski definition) is 0. The fraction of sp³-hybridized carbons (Fsp3) is 0. The lowest BCUT2D eigenvalue weighted by Crippen LogP contribution is -1.91. The Labute approximate surface area is 70.3 Å². The molecular weight excluding hydrogens is 160 g/mol. The lowest BCUT2D eigenvalue weighted by molar-refractivity contribution is 0.104. The number of ketones is 1. The molecule has 1 rings (SSSR count). The molecule has 0 aliphatic rings. The molecule has 11 heavy (non-hydrogen) atoms. The Kier molecular flexibility index (Phi) is 2.87. The zero-order valence-electron chi connectivity index (χ0n) is 5.83. The fourth-order valence-electron chi connectivity index (χ4n) is 0.756. The van der Waals surface area contributed by atoms with Gasteiger partial charge in [-0.25, -0.2) is 0 Å². The van der Waals surface area contributed by atoms with Crippen molar-refractivity contribution in [3.8, 4) is 0 Å². The van der Waals surface area contributed by atoms with Crippen LogP contribution in [0.25, 0.3) is 0 Å². The second-order valence-corrected chi connectivity index (χ2v) is 2.27. The summed E-state index contributed by atoms with van der Waals surface area (Å²) >= 11 is 5.24. The van der Waals surface area contributed by atoms with Crippen LogP contribution in [0, 0.1) is 0 Å². The zero-order chi connectivity index (χ0) is 8.10. The highest BCUT2D eigenvalue weighted by Gasteiger charge is 1.97. The van der Waals surface area contributed by atoms with Gasteiger partial charge in [0.1, 0.15) is 0 Å². The normalized spacial score (nSPS) is 10.3. The second kappa shape index (κ2) is 3.94. The molecule has 1 nitrogen and oxygen atoms in total. The summed E-state index contributed by atoms with van der Waals surface area (Å²) in [6, 6.07) is 8.99. The van der Waals surface area contributed by atoms with Crippen molar-refractivity contribution in [2.24, 2.45) is 0 Å². The first-order valence-corrected chi connectivity index (χ1v) is 3.64. The Bertz CT molecular complexity index is 264. The van der Waals surface area contributed by atoms with Crippen molar-refractivity contribution in [3.05, 3.63) is 47.5 Å². The van der Waals surface area contributed by atoms with Gasteiger partial charge in [0.2, 0.25) is 0 Å². The largest absolute Gasteiger partial charge is 0.289 e. The lowest BCUT2D eigenvalue weighted by Gasteiger charge is -1.91. The van der Waals surface area contributed by atoms with Crippen LogP contribution in [0.1, 0.15) is 10.4 Å². The van der Waals surface area contributed by atoms with E-state index in [2.05, 4.69) is 0 Å². The Morgan fingerprint density at radius 3 is 2.45 bits per heavy atom. The quantitative estimate of drug-likeness (QED) is 0.488. The first-order chi connectivity index (χ1) is 5.34. The molecule has 0 amide bonds. The number of benzene rings is 1. The van der Waals surface area contributed by atoms with Gasteiger partial charge in [-0.15, -0.1) is 0 Å². The molecule has 0 unspecified atom stereocenters. The number of allylic oxidation sites excluding steroid dienone is 1. The predicted octanol–water partition coefficient (Wildman–Crippen LogP) is 2.62. The maximum atomic E-state index is 11.1. The van der Waals surface area contributed by atoms with Crippen LogP contribution in [0.4, 0.5) is 0 Å². The molecule has 0 saturated carbocycles. The van der Waals surface area contributed by atoms with Gasteiger partial charge in [-0.2, -0.15) is 0 Å². The van der Waals surface area contributed by atoms with Gasteiger partial charge in [0, 0.05) is 11.1 Å². The van der Waals surface area contributed by atoms with Gasteiger partial charge in [0.05, 0.1) is 0 Å². The van der Waals surface area contributed by atoms with Gasteiger partial charge in [-0.3, -0.25) is 4.79 Å². The molecule has 0 aliphatic carbocycles. The molecule has 0 radical (unpaired) electrons. The molecule has 0 heterocycles. The smallest absolute Gasteiger partial charge is 0.186 e. The number of hydrogen-bond acceptors (Lipinski definition) is 1. The number of carbonyl (C=O) groups excluding carboxylic acids is 1. The molecule has 0 fully saturated rings. The van der Waals surface area contributed by atoms with E-state index >= 15 is 0 Å². The highest BCUT2D eigenvalue weighted by molar-refractivity contribution is 6.27. The van der Waals surface area contributed by atoms with Crippen LogP contribution >= 0.6 is 11.6 Å². The predicted molar refractivity (Wildman–Crippen MR) is 45.8 cm³/mol. The molecular formula is C9H7ClO. The van der Waals surface area contributed by atoms with E-state index in [9.17, 15) is 4.79 Å². The summed E-state index contributed by atoms with van der Waals surface area (Å²) in [6.45, 7) is 0. The summed E-state index contributed by atoms with van der Waals surface area (Å²) in [5.74, 6) is -0.0689. The van der Waals surface area contributed by atoms with E-state index in [4.69, 9.17) is 11.6 Å². The third-order valence-corrected chi connectivity index (χ3v) is 1.40. The SMILES string of the molecule is O=C(/C=C/Cl)c1ccccc1. The maximum absolute atomic E-state index is 11.1. The minimum Gasteiger partial charge on any atom is -0.289 e. The Morgan fingerprint density at radius 2 is 1.91 bits per heavy atom. The second-order valence-electron chi connectivity index (χ2n) is 2.02. The van der Waals surface area contributed by atoms with Crippen LogP contribution in [0.2, 0.25) is 0 Å². The Morgan fingerprint density at radius 1 is 1.27 bits per heavy atom. The van der Waals surface area contributed by atoms with Crippen LogP contribution < -0.4 is 0 Å². The Hall–Kier alpha value is -1.08. The van der Waals surface area contributed by atoms with E-state index in [1.165, 1.54) is 11.6 Å². The molecule has 0 bridgehead atoms. The molecule has 0 atom stereocenters. The highest BCUT2D eigenvalue weighted by Crippen LogP contribution is 2.00.